The molecule has 1 aromatic carbocycles. The number of hydrogen-bond donors (Lipinski definition) is 1. The Morgan fingerprint density at radius 1 is 1.20 bits per heavy atom. The van der Waals surface area contributed by atoms with Crippen molar-refractivity contribution >= 4 is 11.8 Å². The lowest BCUT2D eigenvalue weighted by atomic mass is 9.95. The molecule has 0 atom stereocenters. The zero-order chi connectivity index (χ0) is 17.6. The second kappa shape index (κ2) is 7.96. The quantitative estimate of drug-likeness (QED) is 0.908. The van der Waals surface area contributed by atoms with Gasteiger partial charge in [0, 0.05) is 31.7 Å². The van der Waals surface area contributed by atoms with Crippen LogP contribution < -0.4 is 5.32 Å². The van der Waals surface area contributed by atoms with Crippen molar-refractivity contribution in [2.24, 2.45) is 5.92 Å². The summed E-state index contributed by atoms with van der Waals surface area (Å²) in [4.78, 5) is 26.5. The number of benzene rings is 1. The summed E-state index contributed by atoms with van der Waals surface area (Å²) in [5.74, 6) is 0.114. The first-order valence-corrected chi connectivity index (χ1v) is 8.86. The molecule has 132 valence electrons. The zero-order valence-corrected chi connectivity index (χ0v) is 14.5. The van der Waals surface area contributed by atoms with Crippen LogP contribution in [0, 0.1) is 5.92 Å². The number of carbonyl (C=O) groups excluding carboxylic acids is 2. The van der Waals surface area contributed by atoms with Crippen molar-refractivity contribution in [3.8, 4) is 5.69 Å². The highest BCUT2D eigenvalue weighted by Crippen LogP contribution is 2.19. The van der Waals surface area contributed by atoms with E-state index in [4.69, 9.17) is 0 Å². The Kier molecular flexibility index (Phi) is 5.48. The van der Waals surface area contributed by atoms with E-state index in [0.717, 1.165) is 18.7 Å². The molecular weight excluding hydrogens is 316 g/mol. The Morgan fingerprint density at radius 3 is 2.60 bits per heavy atom. The minimum absolute atomic E-state index is 0.0163. The molecule has 0 radical (unpaired) electrons. The Balaban J connectivity index is 1.58. The predicted molar refractivity (Wildman–Crippen MR) is 95.5 cm³/mol. The minimum Gasteiger partial charge on any atom is -0.356 e. The standard InChI is InChI=1S/C19H24N4O2/c1-2-10-20-18(24)15-8-11-22(12-9-15)19(25)16-13-21-23(14-16)17-6-4-3-5-7-17/h3-7,13-15H,2,8-12H2,1H3,(H,20,24). The first-order valence-electron chi connectivity index (χ1n) is 8.86. The molecule has 0 saturated carbocycles. The van der Waals surface area contributed by atoms with E-state index in [2.05, 4.69) is 10.4 Å². The molecule has 0 aliphatic carbocycles. The van der Waals surface area contributed by atoms with E-state index >= 15 is 0 Å². The molecule has 0 bridgehead atoms. The van der Waals surface area contributed by atoms with Crippen LogP contribution in [0.15, 0.2) is 42.7 Å². The molecule has 25 heavy (non-hydrogen) atoms. The van der Waals surface area contributed by atoms with Crippen molar-refractivity contribution in [2.45, 2.75) is 26.2 Å². The van der Waals surface area contributed by atoms with E-state index in [1.165, 1.54) is 0 Å². The Bertz CT molecular complexity index is 718. The maximum Gasteiger partial charge on any atom is 0.257 e. The molecule has 6 heteroatoms. The van der Waals surface area contributed by atoms with Gasteiger partial charge in [-0.25, -0.2) is 4.68 Å². The van der Waals surface area contributed by atoms with Gasteiger partial charge in [-0.05, 0) is 31.4 Å². The van der Waals surface area contributed by atoms with Gasteiger partial charge in [0.25, 0.3) is 5.91 Å². The molecule has 2 heterocycles. The molecule has 3 rings (SSSR count). The SMILES string of the molecule is CCCNC(=O)C1CCN(C(=O)c2cnn(-c3ccccc3)c2)CC1. The van der Waals surface area contributed by atoms with E-state index in [0.29, 0.717) is 31.5 Å². The van der Waals surface area contributed by atoms with Crippen molar-refractivity contribution in [1.29, 1.82) is 0 Å². The van der Waals surface area contributed by atoms with Gasteiger partial charge < -0.3 is 10.2 Å². The smallest absolute Gasteiger partial charge is 0.257 e. The minimum atomic E-state index is -0.0189. The van der Waals surface area contributed by atoms with Crippen LogP contribution in [0.5, 0.6) is 0 Å². The third-order valence-electron chi connectivity index (χ3n) is 4.55. The first-order chi connectivity index (χ1) is 12.2. The molecule has 0 unspecified atom stereocenters. The van der Waals surface area contributed by atoms with E-state index < -0.39 is 0 Å². The number of nitrogens with one attached hydrogen (secondary N) is 1. The highest BCUT2D eigenvalue weighted by Gasteiger charge is 2.28. The average molecular weight is 340 g/mol. The molecule has 2 amide bonds. The summed E-state index contributed by atoms with van der Waals surface area (Å²) in [6.07, 6.45) is 5.74. The zero-order valence-electron chi connectivity index (χ0n) is 14.5. The number of rotatable bonds is 5. The maximum absolute atomic E-state index is 12.7. The van der Waals surface area contributed by atoms with Crippen LogP contribution in [-0.4, -0.2) is 46.1 Å². The molecular formula is C19H24N4O2. The van der Waals surface area contributed by atoms with Crippen molar-refractivity contribution in [1.82, 2.24) is 20.0 Å². The summed E-state index contributed by atoms with van der Waals surface area (Å²) in [7, 11) is 0. The molecule has 1 N–H and O–H groups in total. The number of likely N-dealkylation sites (tertiary alicyclic amines) is 1. The second-order valence-electron chi connectivity index (χ2n) is 6.37. The summed E-state index contributed by atoms with van der Waals surface area (Å²) in [5.41, 5.74) is 1.51. The van der Waals surface area contributed by atoms with Gasteiger partial charge in [0.05, 0.1) is 17.4 Å². The molecule has 1 saturated heterocycles. The predicted octanol–water partition coefficient (Wildman–Crippen LogP) is 2.25. The van der Waals surface area contributed by atoms with Gasteiger partial charge in [0.15, 0.2) is 0 Å². The second-order valence-corrected chi connectivity index (χ2v) is 6.37. The fraction of sp³-hybridized carbons (Fsp3) is 0.421. The lowest BCUT2D eigenvalue weighted by molar-refractivity contribution is -0.126. The lowest BCUT2D eigenvalue weighted by Gasteiger charge is -2.31. The monoisotopic (exact) mass is 340 g/mol. The van der Waals surface area contributed by atoms with Gasteiger partial charge in [0.2, 0.25) is 5.91 Å². The summed E-state index contributed by atoms with van der Waals surface area (Å²) >= 11 is 0. The van der Waals surface area contributed by atoms with E-state index in [9.17, 15) is 9.59 Å². The molecule has 1 aliphatic heterocycles. The van der Waals surface area contributed by atoms with Crippen molar-refractivity contribution in [2.75, 3.05) is 19.6 Å². The number of para-hydroxylation sites is 1. The van der Waals surface area contributed by atoms with E-state index in [-0.39, 0.29) is 17.7 Å². The normalized spacial score (nSPS) is 15.2. The van der Waals surface area contributed by atoms with Gasteiger partial charge >= 0.3 is 0 Å². The molecule has 1 aromatic heterocycles. The number of nitrogens with zero attached hydrogens (tertiary/aromatic N) is 3. The third-order valence-corrected chi connectivity index (χ3v) is 4.55. The number of carbonyl (C=O) groups is 2. The third kappa shape index (κ3) is 4.07. The van der Waals surface area contributed by atoms with Crippen LogP contribution in [0.4, 0.5) is 0 Å². The fourth-order valence-corrected chi connectivity index (χ4v) is 3.08. The largest absolute Gasteiger partial charge is 0.356 e. The fourth-order valence-electron chi connectivity index (χ4n) is 3.08. The van der Waals surface area contributed by atoms with Crippen LogP contribution in [0.1, 0.15) is 36.5 Å². The Labute approximate surface area is 147 Å². The summed E-state index contributed by atoms with van der Waals surface area (Å²) in [6.45, 7) is 3.98. The van der Waals surface area contributed by atoms with Gasteiger partial charge in [-0.1, -0.05) is 25.1 Å². The number of hydrogen-bond acceptors (Lipinski definition) is 3. The van der Waals surface area contributed by atoms with Gasteiger partial charge in [-0.2, -0.15) is 5.10 Å². The molecule has 1 fully saturated rings. The van der Waals surface area contributed by atoms with Gasteiger partial charge in [-0.3, -0.25) is 9.59 Å². The van der Waals surface area contributed by atoms with Crippen LogP contribution in [0.3, 0.4) is 0 Å². The highest BCUT2D eigenvalue weighted by atomic mass is 16.2. The number of piperidine rings is 1. The summed E-state index contributed by atoms with van der Waals surface area (Å²) < 4.78 is 1.71. The van der Waals surface area contributed by atoms with Gasteiger partial charge in [0.1, 0.15) is 0 Å². The molecule has 6 nitrogen and oxygen atoms in total. The number of amides is 2. The Morgan fingerprint density at radius 2 is 1.92 bits per heavy atom. The first kappa shape index (κ1) is 17.2. The maximum atomic E-state index is 12.7. The van der Waals surface area contributed by atoms with E-state index in [1.54, 1.807) is 17.1 Å². The van der Waals surface area contributed by atoms with Crippen molar-refractivity contribution < 1.29 is 9.59 Å². The highest BCUT2D eigenvalue weighted by molar-refractivity contribution is 5.94. The Hall–Kier alpha value is -2.63. The van der Waals surface area contributed by atoms with Crippen LogP contribution >= 0.6 is 0 Å². The average Bonchev–Trinajstić information content (AvgIpc) is 3.16. The van der Waals surface area contributed by atoms with Crippen LogP contribution in [0.2, 0.25) is 0 Å². The molecule has 1 aliphatic rings. The van der Waals surface area contributed by atoms with Crippen LogP contribution in [-0.2, 0) is 4.79 Å². The van der Waals surface area contributed by atoms with Crippen LogP contribution in [0.25, 0.3) is 5.69 Å². The molecule has 2 aromatic rings. The van der Waals surface area contributed by atoms with Crippen molar-refractivity contribution in [3.63, 3.8) is 0 Å². The summed E-state index contributed by atoms with van der Waals surface area (Å²) in [5, 5.41) is 7.23. The summed E-state index contributed by atoms with van der Waals surface area (Å²) in [6, 6.07) is 9.71. The lowest BCUT2D eigenvalue weighted by Crippen LogP contribution is -2.43. The van der Waals surface area contributed by atoms with Crippen molar-refractivity contribution in [3.05, 3.63) is 48.3 Å². The van der Waals surface area contributed by atoms with E-state index in [1.807, 2.05) is 42.2 Å². The topological polar surface area (TPSA) is 67.2 Å². The van der Waals surface area contributed by atoms with Gasteiger partial charge in [-0.15, -0.1) is 0 Å². The number of aromatic nitrogens is 2. The molecule has 0 spiro atoms.